The van der Waals surface area contributed by atoms with Crippen LogP contribution in [0.15, 0.2) is 36.5 Å². The van der Waals surface area contributed by atoms with Crippen molar-refractivity contribution < 1.29 is 14.3 Å². The number of hydrogen-bond acceptors (Lipinski definition) is 3. The van der Waals surface area contributed by atoms with Gasteiger partial charge in [-0.15, -0.1) is 0 Å². The summed E-state index contributed by atoms with van der Waals surface area (Å²) in [5, 5.41) is 2.90. The van der Waals surface area contributed by atoms with Crippen molar-refractivity contribution in [1.82, 2.24) is 9.88 Å². The summed E-state index contributed by atoms with van der Waals surface area (Å²) in [5.74, 6) is -0.795. The molecule has 1 aromatic carbocycles. The third-order valence-corrected chi connectivity index (χ3v) is 4.74. The second-order valence-corrected chi connectivity index (χ2v) is 6.60. The van der Waals surface area contributed by atoms with Gasteiger partial charge in [-0.25, -0.2) is 4.79 Å². The van der Waals surface area contributed by atoms with Gasteiger partial charge < -0.3 is 14.6 Å². The van der Waals surface area contributed by atoms with Crippen molar-refractivity contribution in [2.24, 2.45) is 7.05 Å². The van der Waals surface area contributed by atoms with E-state index in [1.807, 2.05) is 6.92 Å². The average Bonchev–Trinajstić information content (AvgIpc) is 3.05. The first kappa shape index (κ1) is 17.3. The first-order valence-electron chi connectivity index (χ1n) is 8.74. The van der Waals surface area contributed by atoms with Gasteiger partial charge in [0.2, 0.25) is 0 Å². The van der Waals surface area contributed by atoms with E-state index in [2.05, 4.69) is 23.5 Å². The number of hydrogen-bond donors (Lipinski definition) is 1. The number of ether oxygens (including phenoxy) is 1. The highest BCUT2D eigenvalue weighted by Gasteiger charge is 2.16. The molecule has 3 rings (SSSR count). The molecule has 1 amide bonds. The fraction of sp³-hybridized carbons (Fsp3) is 0.400. The summed E-state index contributed by atoms with van der Waals surface area (Å²) in [6.45, 7) is 1.67. The Balaban J connectivity index is 1.54. The standard InChI is InChI=1S/C20H24N2O3/c1-14(16-10-9-15-6-3-4-7-17(15)12-16)21-19(23)13-25-20(24)18-8-5-11-22(18)2/h5,8-12,14H,3-4,6-7,13H2,1-2H3,(H,21,23)/t14-/m0/s1. The lowest BCUT2D eigenvalue weighted by molar-refractivity contribution is -0.124. The molecule has 132 valence electrons. The van der Waals surface area contributed by atoms with Crippen LogP contribution in [0.3, 0.4) is 0 Å². The molecular formula is C20H24N2O3. The van der Waals surface area contributed by atoms with E-state index in [-0.39, 0.29) is 18.6 Å². The molecule has 1 N–H and O–H groups in total. The number of nitrogens with zero attached hydrogens (tertiary/aromatic N) is 1. The Hall–Kier alpha value is -2.56. The van der Waals surface area contributed by atoms with Gasteiger partial charge in [-0.1, -0.05) is 18.2 Å². The minimum Gasteiger partial charge on any atom is -0.451 e. The summed E-state index contributed by atoms with van der Waals surface area (Å²) in [4.78, 5) is 24.0. The smallest absolute Gasteiger partial charge is 0.355 e. The Morgan fingerprint density at radius 1 is 1.20 bits per heavy atom. The van der Waals surface area contributed by atoms with Gasteiger partial charge in [0.15, 0.2) is 6.61 Å². The molecule has 0 bridgehead atoms. The Labute approximate surface area is 148 Å². The van der Waals surface area contributed by atoms with Crippen LogP contribution in [0.5, 0.6) is 0 Å². The van der Waals surface area contributed by atoms with Crippen LogP contribution < -0.4 is 5.32 Å². The molecule has 0 radical (unpaired) electrons. The normalized spacial score (nSPS) is 14.5. The number of nitrogens with one attached hydrogen (secondary N) is 1. The Morgan fingerprint density at radius 2 is 1.96 bits per heavy atom. The van der Waals surface area contributed by atoms with Crippen LogP contribution in [-0.2, 0) is 29.4 Å². The van der Waals surface area contributed by atoms with E-state index < -0.39 is 5.97 Å². The summed E-state index contributed by atoms with van der Waals surface area (Å²) in [6, 6.07) is 9.74. The molecule has 1 atom stereocenters. The maximum absolute atomic E-state index is 12.1. The summed E-state index contributed by atoms with van der Waals surface area (Å²) >= 11 is 0. The van der Waals surface area contributed by atoms with Crippen molar-refractivity contribution in [2.45, 2.75) is 38.6 Å². The third kappa shape index (κ3) is 4.10. The van der Waals surface area contributed by atoms with Crippen molar-refractivity contribution in [1.29, 1.82) is 0 Å². The van der Waals surface area contributed by atoms with E-state index in [0.29, 0.717) is 5.69 Å². The molecule has 0 saturated heterocycles. The number of fused-ring (bicyclic) bond motifs is 1. The van der Waals surface area contributed by atoms with Crippen molar-refractivity contribution in [3.05, 3.63) is 58.9 Å². The van der Waals surface area contributed by atoms with Gasteiger partial charge in [0.05, 0.1) is 6.04 Å². The number of rotatable bonds is 5. The van der Waals surface area contributed by atoms with Gasteiger partial charge in [0.25, 0.3) is 5.91 Å². The molecule has 1 aliphatic rings. The number of carbonyl (C=O) groups excluding carboxylic acids is 2. The Kier molecular flexibility index (Phi) is 5.22. The monoisotopic (exact) mass is 340 g/mol. The molecule has 0 saturated carbocycles. The minimum atomic E-state index is -0.496. The van der Waals surface area contributed by atoms with Gasteiger partial charge in [-0.3, -0.25) is 4.79 Å². The highest BCUT2D eigenvalue weighted by Crippen LogP contribution is 2.24. The quantitative estimate of drug-likeness (QED) is 0.851. The highest BCUT2D eigenvalue weighted by atomic mass is 16.5. The summed E-state index contributed by atoms with van der Waals surface area (Å²) in [6.07, 6.45) is 6.50. The lowest BCUT2D eigenvalue weighted by Crippen LogP contribution is -2.31. The van der Waals surface area contributed by atoms with Gasteiger partial charge >= 0.3 is 5.97 Å². The van der Waals surface area contributed by atoms with E-state index in [9.17, 15) is 9.59 Å². The lowest BCUT2D eigenvalue weighted by atomic mass is 9.89. The number of benzene rings is 1. The molecule has 0 spiro atoms. The van der Waals surface area contributed by atoms with Crippen LogP contribution in [0.1, 0.15) is 53.0 Å². The fourth-order valence-corrected chi connectivity index (χ4v) is 3.27. The maximum atomic E-state index is 12.1. The first-order chi connectivity index (χ1) is 12.0. The van der Waals surface area contributed by atoms with Crippen LogP contribution in [-0.4, -0.2) is 23.1 Å². The van der Waals surface area contributed by atoms with Crippen LogP contribution in [0, 0.1) is 0 Å². The Morgan fingerprint density at radius 3 is 2.68 bits per heavy atom. The zero-order valence-corrected chi connectivity index (χ0v) is 14.7. The van der Waals surface area contributed by atoms with E-state index >= 15 is 0 Å². The van der Waals surface area contributed by atoms with Crippen molar-refractivity contribution in [2.75, 3.05) is 6.61 Å². The molecule has 1 aromatic heterocycles. The number of esters is 1. The molecule has 0 unspecified atom stereocenters. The zero-order chi connectivity index (χ0) is 17.8. The summed E-state index contributed by atoms with van der Waals surface area (Å²) in [5.41, 5.74) is 4.32. The SMILES string of the molecule is C[C@H](NC(=O)COC(=O)c1cccn1C)c1ccc2c(c1)CCCC2. The van der Waals surface area contributed by atoms with Gasteiger partial charge in [0.1, 0.15) is 5.69 Å². The van der Waals surface area contributed by atoms with Crippen molar-refractivity contribution >= 4 is 11.9 Å². The Bertz CT molecular complexity index is 779. The van der Waals surface area contributed by atoms with E-state index in [0.717, 1.165) is 18.4 Å². The maximum Gasteiger partial charge on any atom is 0.355 e. The molecule has 5 nitrogen and oxygen atoms in total. The molecule has 0 fully saturated rings. The van der Waals surface area contributed by atoms with Crippen LogP contribution >= 0.6 is 0 Å². The largest absolute Gasteiger partial charge is 0.451 e. The molecule has 2 aromatic rings. The van der Waals surface area contributed by atoms with Gasteiger partial charge in [0, 0.05) is 13.2 Å². The van der Waals surface area contributed by atoms with Gasteiger partial charge in [-0.05, 0) is 61.4 Å². The van der Waals surface area contributed by atoms with Crippen LogP contribution in [0.2, 0.25) is 0 Å². The molecule has 0 aliphatic heterocycles. The number of aromatic nitrogens is 1. The minimum absolute atomic E-state index is 0.117. The van der Waals surface area contributed by atoms with E-state index in [1.54, 1.807) is 29.9 Å². The van der Waals surface area contributed by atoms with Crippen molar-refractivity contribution in [3.63, 3.8) is 0 Å². The average molecular weight is 340 g/mol. The van der Waals surface area contributed by atoms with Gasteiger partial charge in [-0.2, -0.15) is 0 Å². The molecule has 1 aliphatic carbocycles. The topological polar surface area (TPSA) is 60.3 Å². The summed E-state index contributed by atoms with van der Waals surface area (Å²) in [7, 11) is 1.76. The zero-order valence-electron chi connectivity index (χ0n) is 14.7. The number of amides is 1. The first-order valence-corrected chi connectivity index (χ1v) is 8.74. The molecular weight excluding hydrogens is 316 g/mol. The second-order valence-electron chi connectivity index (χ2n) is 6.60. The van der Waals surface area contributed by atoms with Crippen molar-refractivity contribution in [3.8, 4) is 0 Å². The second kappa shape index (κ2) is 7.55. The summed E-state index contributed by atoms with van der Waals surface area (Å²) < 4.78 is 6.75. The van der Waals surface area contributed by atoms with Crippen LogP contribution in [0.25, 0.3) is 0 Å². The van der Waals surface area contributed by atoms with Crippen LogP contribution in [0.4, 0.5) is 0 Å². The molecule has 25 heavy (non-hydrogen) atoms. The lowest BCUT2D eigenvalue weighted by Gasteiger charge is -2.20. The third-order valence-electron chi connectivity index (χ3n) is 4.74. The van der Waals surface area contributed by atoms with E-state index in [4.69, 9.17) is 4.74 Å². The highest BCUT2D eigenvalue weighted by molar-refractivity contribution is 5.90. The predicted octanol–water partition coefficient (Wildman–Crippen LogP) is 2.94. The predicted molar refractivity (Wildman–Crippen MR) is 95.3 cm³/mol. The fourth-order valence-electron chi connectivity index (χ4n) is 3.27. The molecule has 5 heteroatoms. The van der Waals surface area contributed by atoms with E-state index in [1.165, 1.54) is 24.0 Å². The molecule has 1 heterocycles. The number of aryl methyl sites for hydroxylation is 3. The number of carbonyl (C=O) groups is 2.